The Hall–Kier alpha value is -3.35. The minimum atomic E-state index is -1.08. The standard InChI is InChI=1S/C27H34N2O5/c1-26(2,3)14-22(23(30)31)29-24(32)27(4,5)16-28-25(33)34-15-21-19-12-8-6-10-17(19)18-11-7-9-13-20(18)21/h6-13,21-22H,14-16H2,1-5H3,(H,28,33)(H,29,32)(H,30,31). The molecule has 182 valence electrons. The minimum absolute atomic E-state index is 0.0113. The molecule has 2 aromatic carbocycles. The summed E-state index contributed by atoms with van der Waals surface area (Å²) in [6.07, 6.45) is -0.323. The highest BCUT2D eigenvalue weighted by Gasteiger charge is 2.34. The van der Waals surface area contributed by atoms with E-state index >= 15 is 0 Å². The third-order valence-corrected chi connectivity index (χ3v) is 6.05. The molecule has 34 heavy (non-hydrogen) atoms. The predicted molar refractivity (Wildman–Crippen MR) is 130 cm³/mol. The van der Waals surface area contributed by atoms with Crippen LogP contribution in [0.2, 0.25) is 0 Å². The Morgan fingerprint density at radius 3 is 1.97 bits per heavy atom. The molecule has 1 aliphatic rings. The second kappa shape index (κ2) is 9.87. The van der Waals surface area contributed by atoms with Crippen molar-refractivity contribution in [3.63, 3.8) is 0 Å². The van der Waals surface area contributed by atoms with Gasteiger partial charge in [0.2, 0.25) is 5.91 Å². The third-order valence-electron chi connectivity index (χ3n) is 6.05. The summed E-state index contributed by atoms with van der Waals surface area (Å²) in [5.41, 5.74) is 3.25. The number of fused-ring (bicyclic) bond motifs is 3. The first-order valence-corrected chi connectivity index (χ1v) is 11.5. The van der Waals surface area contributed by atoms with Crippen molar-refractivity contribution in [2.75, 3.05) is 13.2 Å². The third kappa shape index (κ3) is 5.95. The van der Waals surface area contributed by atoms with Crippen LogP contribution in [0.3, 0.4) is 0 Å². The van der Waals surface area contributed by atoms with Crippen molar-refractivity contribution in [2.24, 2.45) is 10.8 Å². The summed E-state index contributed by atoms with van der Waals surface area (Å²) in [4.78, 5) is 36.8. The largest absolute Gasteiger partial charge is 0.480 e. The van der Waals surface area contributed by atoms with E-state index in [9.17, 15) is 19.5 Å². The van der Waals surface area contributed by atoms with Gasteiger partial charge in [-0.3, -0.25) is 4.79 Å². The van der Waals surface area contributed by atoms with Crippen molar-refractivity contribution in [3.8, 4) is 11.1 Å². The molecule has 0 saturated heterocycles. The van der Waals surface area contributed by atoms with Gasteiger partial charge in [0, 0.05) is 12.5 Å². The number of amides is 2. The van der Waals surface area contributed by atoms with Gasteiger partial charge in [-0.2, -0.15) is 0 Å². The summed E-state index contributed by atoms with van der Waals surface area (Å²) in [7, 11) is 0. The van der Waals surface area contributed by atoms with Gasteiger partial charge in [0.25, 0.3) is 0 Å². The predicted octanol–water partition coefficient (Wildman–Crippen LogP) is 4.56. The first-order valence-electron chi connectivity index (χ1n) is 11.5. The Balaban J connectivity index is 1.56. The molecule has 0 saturated carbocycles. The van der Waals surface area contributed by atoms with Gasteiger partial charge in [-0.25, -0.2) is 9.59 Å². The lowest BCUT2D eigenvalue weighted by molar-refractivity contribution is -0.144. The highest BCUT2D eigenvalue weighted by molar-refractivity contribution is 5.87. The molecule has 0 radical (unpaired) electrons. The number of hydrogen-bond donors (Lipinski definition) is 3. The average Bonchev–Trinajstić information content (AvgIpc) is 3.08. The van der Waals surface area contributed by atoms with E-state index in [-0.39, 0.29) is 24.5 Å². The molecule has 0 fully saturated rings. The zero-order chi connectivity index (χ0) is 25.1. The number of carbonyl (C=O) groups excluding carboxylic acids is 2. The van der Waals surface area contributed by atoms with Gasteiger partial charge < -0.3 is 20.5 Å². The molecule has 0 heterocycles. The number of benzene rings is 2. The van der Waals surface area contributed by atoms with Crippen molar-refractivity contribution < 1.29 is 24.2 Å². The van der Waals surface area contributed by atoms with Gasteiger partial charge in [-0.15, -0.1) is 0 Å². The number of carbonyl (C=O) groups is 3. The molecule has 0 aromatic heterocycles. The summed E-state index contributed by atoms with van der Waals surface area (Å²) in [6, 6.07) is 15.2. The van der Waals surface area contributed by atoms with E-state index in [1.165, 1.54) is 0 Å². The number of ether oxygens (including phenoxy) is 1. The lowest BCUT2D eigenvalue weighted by atomic mass is 9.86. The van der Waals surface area contributed by atoms with E-state index in [4.69, 9.17) is 4.74 Å². The Kier molecular flexibility index (Phi) is 7.34. The van der Waals surface area contributed by atoms with Gasteiger partial charge in [0.15, 0.2) is 0 Å². The van der Waals surface area contributed by atoms with E-state index in [1.807, 2.05) is 57.2 Å². The second-order valence-corrected chi connectivity index (χ2v) is 10.7. The summed E-state index contributed by atoms with van der Waals surface area (Å²) >= 11 is 0. The maximum Gasteiger partial charge on any atom is 0.407 e. The van der Waals surface area contributed by atoms with E-state index in [1.54, 1.807) is 13.8 Å². The van der Waals surface area contributed by atoms with Crippen molar-refractivity contribution >= 4 is 18.0 Å². The Labute approximate surface area is 200 Å². The second-order valence-electron chi connectivity index (χ2n) is 10.7. The van der Waals surface area contributed by atoms with Crippen molar-refractivity contribution in [1.82, 2.24) is 10.6 Å². The zero-order valence-corrected chi connectivity index (χ0v) is 20.5. The molecule has 2 amide bonds. The smallest absolute Gasteiger partial charge is 0.407 e. The number of aliphatic carboxylic acids is 1. The monoisotopic (exact) mass is 466 g/mol. The van der Waals surface area contributed by atoms with E-state index < -0.39 is 29.4 Å². The first kappa shape index (κ1) is 25.3. The van der Waals surface area contributed by atoms with Crippen LogP contribution in [0.15, 0.2) is 48.5 Å². The minimum Gasteiger partial charge on any atom is -0.480 e. The van der Waals surface area contributed by atoms with Crippen LogP contribution in [0.4, 0.5) is 4.79 Å². The molecule has 2 aromatic rings. The van der Waals surface area contributed by atoms with Crippen LogP contribution in [0.5, 0.6) is 0 Å². The van der Waals surface area contributed by atoms with Gasteiger partial charge >= 0.3 is 12.1 Å². The average molecular weight is 467 g/mol. The van der Waals surface area contributed by atoms with Gasteiger partial charge in [0.1, 0.15) is 12.6 Å². The summed E-state index contributed by atoms with van der Waals surface area (Å²) < 4.78 is 5.52. The fourth-order valence-electron chi connectivity index (χ4n) is 4.19. The Bertz CT molecular complexity index is 1030. The van der Waals surface area contributed by atoms with Crippen LogP contribution in [0.1, 0.15) is 58.1 Å². The van der Waals surface area contributed by atoms with Crippen molar-refractivity contribution in [3.05, 3.63) is 59.7 Å². The quantitative estimate of drug-likeness (QED) is 0.529. The van der Waals surface area contributed by atoms with Gasteiger partial charge in [0.05, 0.1) is 5.41 Å². The summed E-state index contributed by atoms with van der Waals surface area (Å²) in [6.45, 7) is 9.25. The maximum atomic E-state index is 12.8. The van der Waals surface area contributed by atoms with Crippen molar-refractivity contribution in [2.45, 2.75) is 53.0 Å². The van der Waals surface area contributed by atoms with Crippen LogP contribution < -0.4 is 10.6 Å². The summed E-state index contributed by atoms with van der Waals surface area (Å²) in [5.74, 6) is -1.57. The fourth-order valence-corrected chi connectivity index (χ4v) is 4.19. The Morgan fingerprint density at radius 1 is 0.941 bits per heavy atom. The van der Waals surface area contributed by atoms with E-state index in [0.717, 1.165) is 22.3 Å². The molecule has 1 aliphatic carbocycles. The van der Waals surface area contributed by atoms with Crippen LogP contribution in [-0.4, -0.2) is 42.3 Å². The molecule has 0 aliphatic heterocycles. The highest BCUT2D eigenvalue weighted by Crippen LogP contribution is 2.44. The fraction of sp³-hybridized carbons (Fsp3) is 0.444. The number of rotatable bonds is 8. The molecule has 0 bridgehead atoms. The normalized spacial score (nSPS) is 14.0. The molecule has 7 heteroatoms. The Morgan fingerprint density at radius 2 is 1.47 bits per heavy atom. The molecule has 3 N–H and O–H groups in total. The van der Waals surface area contributed by atoms with Crippen LogP contribution in [0.25, 0.3) is 11.1 Å². The van der Waals surface area contributed by atoms with Gasteiger partial charge in [-0.05, 0) is 47.9 Å². The number of carboxylic acid groups (broad SMARTS) is 1. The topological polar surface area (TPSA) is 105 Å². The van der Waals surface area contributed by atoms with E-state index in [2.05, 4.69) is 22.8 Å². The molecular weight excluding hydrogens is 432 g/mol. The molecule has 3 rings (SSSR count). The maximum absolute atomic E-state index is 12.8. The number of hydrogen-bond acceptors (Lipinski definition) is 4. The SMILES string of the molecule is CC(C)(C)CC(NC(=O)C(C)(C)CNC(=O)OCC1c2ccccc2-c2ccccc21)C(=O)O. The van der Waals surface area contributed by atoms with Crippen LogP contribution in [-0.2, 0) is 14.3 Å². The van der Waals surface area contributed by atoms with E-state index in [0.29, 0.717) is 6.42 Å². The molecular formula is C27H34N2O5. The number of alkyl carbamates (subject to hydrolysis) is 1. The molecule has 1 atom stereocenters. The lowest BCUT2D eigenvalue weighted by Crippen LogP contribution is -2.51. The number of nitrogens with one attached hydrogen (secondary N) is 2. The van der Waals surface area contributed by atoms with Crippen molar-refractivity contribution in [1.29, 1.82) is 0 Å². The zero-order valence-electron chi connectivity index (χ0n) is 20.5. The molecule has 7 nitrogen and oxygen atoms in total. The van der Waals surface area contributed by atoms with Crippen LogP contribution in [0, 0.1) is 10.8 Å². The number of carboxylic acids is 1. The molecule has 0 spiro atoms. The molecule has 1 unspecified atom stereocenters. The first-order chi connectivity index (χ1) is 15.9. The van der Waals surface area contributed by atoms with Gasteiger partial charge in [-0.1, -0.05) is 69.3 Å². The summed E-state index contributed by atoms with van der Waals surface area (Å²) in [5, 5.41) is 14.7. The van der Waals surface area contributed by atoms with Crippen LogP contribution >= 0.6 is 0 Å². The lowest BCUT2D eigenvalue weighted by Gasteiger charge is -2.29. The highest BCUT2D eigenvalue weighted by atomic mass is 16.5.